The summed E-state index contributed by atoms with van der Waals surface area (Å²) in [6, 6.07) is 0.448. The molecule has 1 amide bonds. The molecule has 2 aliphatic rings. The Morgan fingerprint density at radius 1 is 1.33 bits per heavy atom. The molecule has 4 nitrogen and oxygen atoms in total. The van der Waals surface area contributed by atoms with Gasteiger partial charge in [0, 0.05) is 39.2 Å². The Labute approximate surface area is 110 Å². The normalized spacial score (nSPS) is 21.9. The van der Waals surface area contributed by atoms with Crippen LogP contribution in [0.2, 0.25) is 0 Å². The highest BCUT2D eigenvalue weighted by Gasteiger charge is 2.30. The molecule has 1 atom stereocenters. The maximum atomic E-state index is 12.0. The van der Waals surface area contributed by atoms with Gasteiger partial charge in [0.15, 0.2) is 0 Å². The first-order valence-corrected chi connectivity index (χ1v) is 7.31. The monoisotopic (exact) mass is 254 g/mol. The minimum absolute atomic E-state index is 0.314. The first-order chi connectivity index (χ1) is 8.81. The highest BCUT2D eigenvalue weighted by molar-refractivity contribution is 5.76. The van der Waals surface area contributed by atoms with Crippen LogP contribution >= 0.6 is 0 Å². The minimum atomic E-state index is 0.314. The van der Waals surface area contributed by atoms with E-state index in [0.717, 1.165) is 32.2 Å². The predicted octanol–water partition coefficient (Wildman–Crippen LogP) is 1.40. The lowest BCUT2D eigenvalue weighted by atomic mass is 10.1. The van der Waals surface area contributed by atoms with Crippen LogP contribution in [0.4, 0.5) is 0 Å². The van der Waals surface area contributed by atoms with Gasteiger partial charge in [-0.2, -0.15) is 0 Å². The van der Waals surface area contributed by atoms with E-state index in [2.05, 4.69) is 5.32 Å². The van der Waals surface area contributed by atoms with Crippen LogP contribution in [0.15, 0.2) is 0 Å². The number of hydrogen-bond donors (Lipinski definition) is 1. The number of carbonyl (C=O) groups excluding carboxylic acids is 1. The van der Waals surface area contributed by atoms with Gasteiger partial charge in [-0.25, -0.2) is 0 Å². The van der Waals surface area contributed by atoms with E-state index in [1.807, 2.05) is 4.90 Å². The van der Waals surface area contributed by atoms with E-state index in [1.54, 1.807) is 7.11 Å². The summed E-state index contributed by atoms with van der Waals surface area (Å²) >= 11 is 0. The fourth-order valence-corrected chi connectivity index (χ4v) is 2.71. The van der Waals surface area contributed by atoms with Crippen molar-refractivity contribution in [1.29, 1.82) is 0 Å². The van der Waals surface area contributed by atoms with Crippen LogP contribution in [0.1, 0.15) is 38.5 Å². The van der Waals surface area contributed by atoms with Gasteiger partial charge in [0.1, 0.15) is 0 Å². The Hall–Kier alpha value is -0.610. The number of piperidine rings is 1. The summed E-state index contributed by atoms with van der Waals surface area (Å²) in [4.78, 5) is 14.0. The lowest BCUT2D eigenvalue weighted by molar-refractivity contribution is -0.132. The van der Waals surface area contributed by atoms with Crippen molar-refractivity contribution in [2.45, 2.75) is 44.6 Å². The van der Waals surface area contributed by atoms with Crippen LogP contribution in [0.25, 0.3) is 0 Å². The average molecular weight is 254 g/mol. The Bertz CT molecular complexity index is 261. The number of likely N-dealkylation sites (tertiary alicyclic amines) is 1. The van der Waals surface area contributed by atoms with Crippen molar-refractivity contribution in [3.05, 3.63) is 0 Å². The summed E-state index contributed by atoms with van der Waals surface area (Å²) in [6.45, 7) is 3.48. The first kappa shape index (κ1) is 13.8. The number of carbonyl (C=O) groups is 1. The van der Waals surface area contributed by atoms with E-state index in [1.165, 1.54) is 32.1 Å². The Morgan fingerprint density at radius 2 is 2.06 bits per heavy atom. The van der Waals surface area contributed by atoms with Crippen LogP contribution in [0, 0.1) is 5.92 Å². The van der Waals surface area contributed by atoms with Gasteiger partial charge in [0.05, 0.1) is 6.61 Å². The number of rotatable bonds is 7. The molecule has 18 heavy (non-hydrogen) atoms. The van der Waals surface area contributed by atoms with Gasteiger partial charge in [-0.05, 0) is 38.0 Å². The van der Waals surface area contributed by atoms with E-state index in [4.69, 9.17) is 4.74 Å². The molecule has 1 saturated heterocycles. The van der Waals surface area contributed by atoms with Crippen molar-refractivity contribution in [3.8, 4) is 0 Å². The molecule has 0 aromatic carbocycles. The molecule has 0 spiro atoms. The third kappa shape index (κ3) is 4.25. The van der Waals surface area contributed by atoms with Gasteiger partial charge in [-0.3, -0.25) is 4.79 Å². The minimum Gasteiger partial charge on any atom is -0.383 e. The molecule has 1 N–H and O–H groups in total. The topological polar surface area (TPSA) is 41.6 Å². The Morgan fingerprint density at radius 3 is 2.67 bits per heavy atom. The van der Waals surface area contributed by atoms with Crippen molar-refractivity contribution < 1.29 is 9.53 Å². The van der Waals surface area contributed by atoms with E-state index in [0.29, 0.717) is 18.4 Å². The fourth-order valence-electron chi connectivity index (χ4n) is 2.71. The fraction of sp³-hybridized carbons (Fsp3) is 0.929. The van der Waals surface area contributed by atoms with Gasteiger partial charge >= 0.3 is 0 Å². The number of amides is 1. The lowest BCUT2D eigenvalue weighted by Gasteiger charge is -2.27. The third-order valence-corrected chi connectivity index (χ3v) is 3.99. The Balaban J connectivity index is 1.62. The highest BCUT2D eigenvalue weighted by Crippen LogP contribution is 2.32. The highest BCUT2D eigenvalue weighted by atomic mass is 16.5. The van der Waals surface area contributed by atoms with Gasteiger partial charge < -0.3 is 15.0 Å². The van der Waals surface area contributed by atoms with Crippen LogP contribution in [-0.4, -0.2) is 50.2 Å². The molecular weight excluding hydrogens is 228 g/mol. The molecule has 2 fully saturated rings. The summed E-state index contributed by atoms with van der Waals surface area (Å²) in [5, 5.41) is 3.48. The lowest BCUT2D eigenvalue weighted by Crippen LogP contribution is -2.40. The third-order valence-electron chi connectivity index (χ3n) is 3.99. The van der Waals surface area contributed by atoms with Crippen LogP contribution < -0.4 is 5.32 Å². The average Bonchev–Trinajstić information content (AvgIpc) is 3.23. The molecular formula is C14H26N2O2. The zero-order valence-corrected chi connectivity index (χ0v) is 11.5. The maximum Gasteiger partial charge on any atom is 0.223 e. The zero-order valence-electron chi connectivity index (χ0n) is 11.5. The maximum absolute atomic E-state index is 12.0. The summed E-state index contributed by atoms with van der Waals surface area (Å²) < 4.78 is 5.22. The molecule has 0 aromatic rings. The second-order valence-electron chi connectivity index (χ2n) is 5.54. The number of nitrogens with zero attached hydrogens (tertiary/aromatic N) is 1. The largest absolute Gasteiger partial charge is 0.383 e. The van der Waals surface area contributed by atoms with Gasteiger partial charge in [-0.1, -0.05) is 0 Å². The molecule has 1 unspecified atom stereocenters. The molecule has 2 rings (SSSR count). The molecule has 1 saturated carbocycles. The smallest absolute Gasteiger partial charge is 0.223 e. The zero-order chi connectivity index (χ0) is 12.8. The number of ether oxygens (including phenoxy) is 1. The molecule has 4 heteroatoms. The molecule has 1 heterocycles. The van der Waals surface area contributed by atoms with E-state index < -0.39 is 0 Å². The van der Waals surface area contributed by atoms with Crippen molar-refractivity contribution >= 4 is 5.91 Å². The van der Waals surface area contributed by atoms with Crippen LogP contribution in [-0.2, 0) is 9.53 Å². The summed E-state index contributed by atoms with van der Waals surface area (Å²) in [5.74, 6) is 1.09. The number of hydrogen-bond acceptors (Lipinski definition) is 3. The first-order valence-electron chi connectivity index (χ1n) is 7.31. The second kappa shape index (κ2) is 7.10. The molecule has 1 aliphatic heterocycles. The summed E-state index contributed by atoms with van der Waals surface area (Å²) in [6.07, 6.45) is 6.87. The molecule has 1 aliphatic carbocycles. The molecule has 104 valence electrons. The Kier molecular flexibility index (Phi) is 5.45. The van der Waals surface area contributed by atoms with Crippen molar-refractivity contribution in [3.63, 3.8) is 0 Å². The summed E-state index contributed by atoms with van der Waals surface area (Å²) in [7, 11) is 1.75. The molecule has 0 bridgehead atoms. The second-order valence-corrected chi connectivity index (χ2v) is 5.54. The number of methoxy groups -OCH3 is 1. The van der Waals surface area contributed by atoms with E-state index in [-0.39, 0.29) is 0 Å². The molecule has 0 aromatic heterocycles. The predicted molar refractivity (Wildman–Crippen MR) is 71.4 cm³/mol. The van der Waals surface area contributed by atoms with Gasteiger partial charge in [0.2, 0.25) is 5.91 Å². The van der Waals surface area contributed by atoms with E-state index in [9.17, 15) is 4.79 Å². The molecule has 0 radical (unpaired) electrons. The van der Waals surface area contributed by atoms with Crippen molar-refractivity contribution in [2.75, 3.05) is 33.4 Å². The van der Waals surface area contributed by atoms with Crippen molar-refractivity contribution in [2.24, 2.45) is 5.92 Å². The van der Waals surface area contributed by atoms with Crippen molar-refractivity contribution in [1.82, 2.24) is 10.2 Å². The summed E-state index contributed by atoms with van der Waals surface area (Å²) in [5.41, 5.74) is 0. The van der Waals surface area contributed by atoms with Gasteiger partial charge in [0.25, 0.3) is 0 Å². The SMILES string of the molecule is COCC(NCCC(=O)N1CCCCC1)C1CC1. The van der Waals surface area contributed by atoms with E-state index >= 15 is 0 Å². The standard InChI is InChI=1S/C14H26N2O2/c1-18-11-13(12-5-6-12)15-8-7-14(17)16-9-3-2-4-10-16/h12-13,15H,2-11H2,1H3. The van der Waals surface area contributed by atoms with Crippen LogP contribution in [0.3, 0.4) is 0 Å². The van der Waals surface area contributed by atoms with Gasteiger partial charge in [-0.15, -0.1) is 0 Å². The quantitative estimate of drug-likeness (QED) is 0.747. The number of nitrogens with one attached hydrogen (secondary N) is 1. The van der Waals surface area contributed by atoms with Crippen LogP contribution in [0.5, 0.6) is 0 Å².